The molecule has 1 aromatic heterocycles. The number of carboxylic acid groups (broad SMARTS) is 1. The van der Waals surface area contributed by atoms with E-state index in [1.54, 1.807) is 6.26 Å². The number of hydrogen-bond acceptors (Lipinski definition) is 6. The summed E-state index contributed by atoms with van der Waals surface area (Å²) in [7, 11) is 0. The molecule has 26 heavy (non-hydrogen) atoms. The number of carboxylic acids is 1. The Morgan fingerprint density at radius 1 is 1.19 bits per heavy atom. The van der Waals surface area contributed by atoms with Gasteiger partial charge in [-0.2, -0.15) is 0 Å². The van der Waals surface area contributed by atoms with Crippen molar-refractivity contribution in [3.63, 3.8) is 0 Å². The van der Waals surface area contributed by atoms with Gasteiger partial charge >= 0.3 is 5.97 Å². The molecular weight excluding hydrogens is 334 g/mol. The number of rotatable bonds is 5. The quantitative estimate of drug-likeness (QED) is 0.870. The van der Waals surface area contributed by atoms with Crippen LogP contribution in [0.2, 0.25) is 0 Å². The van der Waals surface area contributed by atoms with Gasteiger partial charge in [-0.25, -0.2) is 4.98 Å². The standard InChI is InChI=1S/C19H23N3O4/c23-18(24)10-21-6-14-7-22(17(9-21)13-25-11-14)8-16-12-26-19(20-16)15-4-2-1-3-5-15/h1-5,12,14,17H,6-11,13H2,(H,23,24)/t14-,17-/m0/s1. The van der Waals surface area contributed by atoms with Gasteiger partial charge in [0.15, 0.2) is 0 Å². The highest BCUT2D eigenvalue weighted by atomic mass is 16.5. The van der Waals surface area contributed by atoms with Crippen molar-refractivity contribution < 1.29 is 19.1 Å². The zero-order chi connectivity index (χ0) is 17.9. The van der Waals surface area contributed by atoms with Crippen LogP contribution in [-0.4, -0.2) is 71.3 Å². The number of carbonyl (C=O) groups is 1. The van der Waals surface area contributed by atoms with Crippen LogP contribution < -0.4 is 0 Å². The van der Waals surface area contributed by atoms with Gasteiger partial charge in [0.1, 0.15) is 6.26 Å². The smallest absolute Gasteiger partial charge is 0.317 e. The fourth-order valence-electron chi connectivity index (χ4n) is 3.84. The normalized spacial score (nSPS) is 24.3. The second kappa shape index (κ2) is 7.57. The van der Waals surface area contributed by atoms with Crippen molar-refractivity contribution in [1.82, 2.24) is 14.8 Å². The van der Waals surface area contributed by atoms with Gasteiger partial charge in [0, 0.05) is 43.7 Å². The Bertz CT molecular complexity index is 748. The van der Waals surface area contributed by atoms with Gasteiger partial charge in [0.25, 0.3) is 0 Å². The fourth-order valence-corrected chi connectivity index (χ4v) is 3.84. The van der Waals surface area contributed by atoms with Crippen LogP contribution in [0.25, 0.3) is 11.5 Å². The molecule has 2 aromatic rings. The van der Waals surface area contributed by atoms with Crippen LogP contribution in [0.1, 0.15) is 5.69 Å². The average molecular weight is 357 g/mol. The molecule has 2 atom stereocenters. The third-order valence-electron chi connectivity index (χ3n) is 4.95. The molecule has 7 heteroatoms. The molecule has 0 spiro atoms. The number of oxazole rings is 1. The van der Waals surface area contributed by atoms with Crippen molar-refractivity contribution >= 4 is 5.97 Å². The number of aliphatic carboxylic acids is 1. The Hall–Kier alpha value is -2.22. The zero-order valence-corrected chi connectivity index (χ0v) is 14.6. The number of hydrogen-bond donors (Lipinski definition) is 1. The minimum atomic E-state index is -0.776. The molecule has 1 aromatic carbocycles. The lowest BCUT2D eigenvalue weighted by Crippen LogP contribution is -2.44. The SMILES string of the molecule is O=C(O)CN1C[C@@H]2COC[C@H](C1)N(Cc1coc(-c3ccccc3)n1)C2. The molecule has 0 unspecified atom stereocenters. The van der Waals surface area contributed by atoms with E-state index in [1.807, 2.05) is 35.2 Å². The van der Waals surface area contributed by atoms with Crippen molar-refractivity contribution in [2.45, 2.75) is 12.6 Å². The van der Waals surface area contributed by atoms with Crippen LogP contribution in [0.3, 0.4) is 0 Å². The summed E-state index contributed by atoms with van der Waals surface area (Å²) >= 11 is 0. The molecule has 138 valence electrons. The molecular formula is C19H23N3O4. The highest BCUT2D eigenvalue weighted by Crippen LogP contribution is 2.23. The Balaban J connectivity index is 1.48. The number of benzene rings is 1. The summed E-state index contributed by atoms with van der Waals surface area (Å²) in [5.74, 6) is 0.158. The number of fused-ring (bicyclic) bond motifs is 3. The summed E-state index contributed by atoms with van der Waals surface area (Å²) < 4.78 is 11.4. The molecule has 0 aliphatic carbocycles. The van der Waals surface area contributed by atoms with E-state index in [2.05, 4.69) is 9.88 Å². The first-order valence-corrected chi connectivity index (χ1v) is 8.93. The van der Waals surface area contributed by atoms with E-state index in [-0.39, 0.29) is 12.6 Å². The number of nitrogens with zero attached hydrogens (tertiary/aromatic N) is 3. The lowest BCUT2D eigenvalue weighted by molar-refractivity contribution is -0.138. The van der Waals surface area contributed by atoms with Gasteiger partial charge in [-0.3, -0.25) is 14.6 Å². The Morgan fingerprint density at radius 2 is 2.04 bits per heavy atom. The van der Waals surface area contributed by atoms with Crippen LogP contribution in [0.15, 0.2) is 41.0 Å². The molecule has 1 N–H and O–H groups in total. The maximum atomic E-state index is 11.1. The van der Waals surface area contributed by atoms with Crippen molar-refractivity contribution in [2.24, 2.45) is 5.92 Å². The topological polar surface area (TPSA) is 79.0 Å². The molecule has 4 rings (SSSR count). The van der Waals surface area contributed by atoms with Gasteiger partial charge in [-0.15, -0.1) is 0 Å². The first-order valence-electron chi connectivity index (χ1n) is 8.93. The van der Waals surface area contributed by atoms with Crippen LogP contribution in [0.5, 0.6) is 0 Å². The monoisotopic (exact) mass is 357 g/mol. The second-order valence-electron chi connectivity index (χ2n) is 7.08. The maximum Gasteiger partial charge on any atom is 0.317 e. The van der Waals surface area contributed by atoms with E-state index in [0.717, 1.165) is 24.3 Å². The molecule has 2 bridgehead atoms. The molecule has 2 fully saturated rings. The van der Waals surface area contributed by atoms with Gasteiger partial charge in [0.2, 0.25) is 5.89 Å². The third-order valence-corrected chi connectivity index (χ3v) is 4.95. The first kappa shape index (κ1) is 17.2. The molecule has 2 aliphatic rings. The summed E-state index contributed by atoms with van der Waals surface area (Å²) in [6.07, 6.45) is 1.72. The highest BCUT2D eigenvalue weighted by Gasteiger charge is 2.34. The Morgan fingerprint density at radius 3 is 2.85 bits per heavy atom. The van der Waals surface area contributed by atoms with Crippen molar-refractivity contribution in [2.75, 3.05) is 39.4 Å². The molecule has 3 heterocycles. The molecule has 7 nitrogen and oxygen atoms in total. The third kappa shape index (κ3) is 3.95. The van der Waals surface area contributed by atoms with Crippen molar-refractivity contribution in [1.29, 1.82) is 0 Å². The van der Waals surface area contributed by atoms with E-state index in [9.17, 15) is 4.79 Å². The predicted molar refractivity (Wildman–Crippen MR) is 94.5 cm³/mol. The van der Waals surface area contributed by atoms with Crippen molar-refractivity contribution in [3.05, 3.63) is 42.3 Å². The lowest BCUT2D eigenvalue weighted by Gasteiger charge is -2.30. The van der Waals surface area contributed by atoms with Crippen LogP contribution in [-0.2, 0) is 16.1 Å². The molecule has 0 saturated carbocycles. The summed E-state index contributed by atoms with van der Waals surface area (Å²) in [5, 5.41) is 9.12. The maximum absolute atomic E-state index is 11.1. The summed E-state index contributed by atoms with van der Waals surface area (Å²) in [6, 6.07) is 10.0. The molecule has 0 amide bonds. The average Bonchev–Trinajstić information content (AvgIpc) is 2.91. The molecule has 2 saturated heterocycles. The van der Waals surface area contributed by atoms with Gasteiger partial charge in [-0.1, -0.05) is 18.2 Å². The van der Waals surface area contributed by atoms with E-state index in [1.165, 1.54) is 0 Å². The fraction of sp³-hybridized carbons (Fsp3) is 0.474. The lowest BCUT2D eigenvalue weighted by atomic mass is 10.1. The first-order chi connectivity index (χ1) is 12.7. The van der Waals surface area contributed by atoms with Crippen LogP contribution >= 0.6 is 0 Å². The van der Waals surface area contributed by atoms with Crippen molar-refractivity contribution in [3.8, 4) is 11.5 Å². The zero-order valence-electron chi connectivity index (χ0n) is 14.6. The van der Waals surface area contributed by atoms with E-state index in [0.29, 0.717) is 38.1 Å². The van der Waals surface area contributed by atoms with Gasteiger partial charge in [0.05, 0.1) is 25.5 Å². The summed E-state index contributed by atoms with van der Waals surface area (Å²) in [4.78, 5) is 20.1. The van der Waals surface area contributed by atoms with E-state index < -0.39 is 5.97 Å². The van der Waals surface area contributed by atoms with Gasteiger partial charge < -0.3 is 14.3 Å². The highest BCUT2D eigenvalue weighted by molar-refractivity contribution is 5.69. The Labute approximate surface area is 152 Å². The van der Waals surface area contributed by atoms with E-state index in [4.69, 9.17) is 14.3 Å². The summed E-state index contributed by atoms with van der Waals surface area (Å²) in [6.45, 7) is 4.41. The predicted octanol–water partition coefficient (Wildman–Crippen LogP) is 1.56. The van der Waals surface area contributed by atoms with E-state index >= 15 is 0 Å². The largest absolute Gasteiger partial charge is 0.480 e. The number of aromatic nitrogens is 1. The minimum Gasteiger partial charge on any atom is -0.480 e. The van der Waals surface area contributed by atoms with Gasteiger partial charge in [-0.05, 0) is 12.1 Å². The van der Waals surface area contributed by atoms with Crippen LogP contribution in [0.4, 0.5) is 0 Å². The summed E-state index contributed by atoms with van der Waals surface area (Å²) in [5.41, 5.74) is 1.85. The minimum absolute atomic E-state index is 0.0863. The number of ether oxygens (including phenoxy) is 1. The second-order valence-corrected chi connectivity index (χ2v) is 7.08. The van der Waals surface area contributed by atoms with Crippen LogP contribution in [0, 0.1) is 5.92 Å². The molecule has 0 radical (unpaired) electrons. The Kier molecular flexibility index (Phi) is 5.01. The molecule has 2 aliphatic heterocycles.